The van der Waals surface area contributed by atoms with Crippen LogP contribution in [-0.2, 0) is 6.54 Å². The summed E-state index contributed by atoms with van der Waals surface area (Å²) in [5.74, 6) is 0. The van der Waals surface area contributed by atoms with Crippen molar-refractivity contribution in [1.29, 1.82) is 5.26 Å². The largest absolute Gasteiger partial charge is 0.228 e. The molecule has 0 fully saturated rings. The van der Waals surface area contributed by atoms with Gasteiger partial charge in [-0.2, -0.15) is 5.26 Å². The van der Waals surface area contributed by atoms with Gasteiger partial charge in [0.2, 0.25) is 0 Å². The molecule has 0 aromatic heterocycles. The van der Waals surface area contributed by atoms with Crippen molar-refractivity contribution in [3.8, 4) is 6.07 Å². The van der Waals surface area contributed by atoms with Crippen molar-refractivity contribution in [1.82, 2.24) is 0 Å². The maximum atomic E-state index is 8.68. The Labute approximate surface area is 76.2 Å². The molecule has 1 aromatic carbocycles. The molecule has 0 aliphatic heterocycles. The molecule has 0 aliphatic carbocycles. The van der Waals surface area contributed by atoms with E-state index in [9.17, 15) is 0 Å². The molecule has 0 bridgehead atoms. The topological polar surface area (TPSA) is 36.1 Å². The zero-order valence-electron chi connectivity index (χ0n) is 6.32. The van der Waals surface area contributed by atoms with Crippen molar-refractivity contribution in [3.63, 3.8) is 0 Å². The van der Waals surface area contributed by atoms with Gasteiger partial charge in [-0.25, -0.2) is 4.99 Å². The van der Waals surface area contributed by atoms with E-state index in [0.29, 0.717) is 12.1 Å². The molecule has 3 heteroatoms. The number of rotatable bonds is 2. The van der Waals surface area contributed by atoms with E-state index >= 15 is 0 Å². The van der Waals surface area contributed by atoms with Gasteiger partial charge in [-0.05, 0) is 23.8 Å². The molecule has 1 rings (SSSR count). The second kappa shape index (κ2) is 4.40. The minimum Gasteiger partial charge on any atom is -0.228 e. The monoisotopic (exact) mass is 174 g/mol. The lowest BCUT2D eigenvalue weighted by Gasteiger charge is -1.96. The fourth-order valence-corrected chi connectivity index (χ4v) is 0.949. The fourth-order valence-electron chi connectivity index (χ4n) is 0.885. The van der Waals surface area contributed by atoms with Crippen LogP contribution in [0, 0.1) is 11.3 Å². The minimum absolute atomic E-state index is 0.438. The van der Waals surface area contributed by atoms with Crippen LogP contribution in [0.1, 0.15) is 11.1 Å². The van der Waals surface area contributed by atoms with Gasteiger partial charge in [0.05, 0.1) is 23.3 Å². The summed E-state index contributed by atoms with van der Waals surface area (Å²) in [6, 6.07) is 9.39. The highest BCUT2D eigenvalue weighted by Crippen LogP contribution is 2.07. The Morgan fingerprint density at radius 1 is 1.42 bits per heavy atom. The number of nitrogens with zero attached hydrogens (tertiary/aromatic N) is 2. The zero-order valence-corrected chi connectivity index (χ0v) is 7.14. The predicted octanol–water partition coefficient (Wildman–Crippen LogP) is 2.16. The van der Waals surface area contributed by atoms with E-state index in [1.807, 2.05) is 18.2 Å². The molecule has 0 N–H and O–H groups in total. The summed E-state index contributed by atoms with van der Waals surface area (Å²) in [7, 11) is 0. The third-order valence-electron chi connectivity index (χ3n) is 1.45. The van der Waals surface area contributed by atoms with Gasteiger partial charge in [0, 0.05) is 0 Å². The third kappa shape index (κ3) is 2.00. The van der Waals surface area contributed by atoms with E-state index in [4.69, 9.17) is 5.26 Å². The van der Waals surface area contributed by atoms with Crippen LogP contribution < -0.4 is 0 Å². The molecule has 1 aromatic rings. The molecule has 0 aliphatic rings. The normalized spacial score (nSPS) is 8.25. The summed E-state index contributed by atoms with van der Waals surface area (Å²) >= 11 is 4.43. The number of hydrogen-bond donors (Lipinski definition) is 0. The van der Waals surface area contributed by atoms with Gasteiger partial charge in [0.15, 0.2) is 0 Å². The molecular formula is C9H6N2S. The van der Waals surface area contributed by atoms with Crippen molar-refractivity contribution < 1.29 is 0 Å². The summed E-state index contributed by atoms with van der Waals surface area (Å²) in [6.07, 6.45) is 0. The molecular weight excluding hydrogens is 168 g/mol. The van der Waals surface area contributed by atoms with Crippen LogP contribution in [0.15, 0.2) is 29.3 Å². The van der Waals surface area contributed by atoms with Gasteiger partial charge in [0.1, 0.15) is 0 Å². The van der Waals surface area contributed by atoms with Crippen LogP contribution >= 0.6 is 12.2 Å². The second-order valence-corrected chi connectivity index (χ2v) is 2.36. The van der Waals surface area contributed by atoms with Crippen LogP contribution in [0.2, 0.25) is 0 Å². The number of benzene rings is 1. The number of isothiocyanates is 1. The van der Waals surface area contributed by atoms with Gasteiger partial charge in [-0.1, -0.05) is 18.2 Å². The number of nitriles is 1. The number of aliphatic imine (C=N–C) groups is 1. The molecule has 0 amide bonds. The molecule has 0 heterocycles. The first kappa shape index (κ1) is 8.61. The molecule has 0 unspecified atom stereocenters. The summed E-state index contributed by atoms with van der Waals surface area (Å²) in [5, 5.41) is 10.9. The van der Waals surface area contributed by atoms with Crippen molar-refractivity contribution in [2.24, 2.45) is 4.99 Å². The molecule has 12 heavy (non-hydrogen) atoms. The quantitative estimate of drug-likeness (QED) is 0.509. The smallest absolute Gasteiger partial charge is 0.0995 e. The summed E-state index contributed by atoms with van der Waals surface area (Å²) in [6.45, 7) is 0.438. The van der Waals surface area contributed by atoms with Gasteiger partial charge < -0.3 is 0 Å². The van der Waals surface area contributed by atoms with E-state index in [0.717, 1.165) is 5.56 Å². The van der Waals surface area contributed by atoms with E-state index in [1.165, 1.54) is 0 Å². The van der Waals surface area contributed by atoms with E-state index in [-0.39, 0.29) is 0 Å². The van der Waals surface area contributed by atoms with Gasteiger partial charge in [-0.3, -0.25) is 0 Å². The molecule has 2 nitrogen and oxygen atoms in total. The van der Waals surface area contributed by atoms with Crippen LogP contribution in [0.3, 0.4) is 0 Å². The number of thiocarbonyl (C=S) groups is 1. The lowest BCUT2D eigenvalue weighted by molar-refractivity contribution is 1.07. The third-order valence-corrected chi connectivity index (χ3v) is 1.58. The van der Waals surface area contributed by atoms with Crippen LogP contribution in [0.4, 0.5) is 0 Å². The highest BCUT2D eigenvalue weighted by Gasteiger charge is 1.97. The van der Waals surface area contributed by atoms with Crippen molar-refractivity contribution in [2.45, 2.75) is 6.54 Å². The van der Waals surface area contributed by atoms with E-state index in [2.05, 4.69) is 28.4 Å². The second-order valence-electron chi connectivity index (χ2n) is 2.18. The summed E-state index contributed by atoms with van der Waals surface area (Å²) in [4.78, 5) is 3.76. The zero-order chi connectivity index (χ0) is 8.81. The fraction of sp³-hybridized carbons (Fsp3) is 0.111. The summed E-state index contributed by atoms with van der Waals surface area (Å²) in [5.41, 5.74) is 1.53. The SMILES string of the molecule is N#Cc1ccccc1CN=C=S. The molecule has 58 valence electrons. The maximum absolute atomic E-state index is 8.68. The minimum atomic E-state index is 0.438. The molecule has 0 radical (unpaired) electrons. The van der Waals surface area contributed by atoms with Crippen LogP contribution in [-0.4, -0.2) is 5.16 Å². The molecule has 0 saturated heterocycles. The predicted molar refractivity (Wildman–Crippen MR) is 49.9 cm³/mol. The Morgan fingerprint density at radius 2 is 2.17 bits per heavy atom. The van der Waals surface area contributed by atoms with Crippen molar-refractivity contribution >= 4 is 17.4 Å². The Kier molecular flexibility index (Phi) is 3.16. The van der Waals surface area contributed by atoms with Gasteiger partial charge in [0.25, 0.3) is 0 Å². The van der Waals surface area contributed by atoms with Gasteiger partial charge >= 0.3 is 0 Å². The Hall–Kier alpha value is -1.49. The highest BCUT2D eigenvalue weighted by molar-refractivity contribution is 7.78. The maximum Gasteiger partial charge on any atom is 0.0995 e. The highest BCUT2D eigenvalue weighted by atomic mass is 32.1. The molecule has 0 saturated carbocycles. The average molecular weight is 174 g/mol. The Balaban J connectivity index is 2.98. The van der Waals surface area contributed by atoms with Crippen molar-refractivity contribution in [2.75, 3.05) is 0 Å². The van der Waals surface area contributed by atoms with Crippen molar-refractivity contribution in [3.05, 3.63) is 35.4 Å². The summed E-state index contributed by atoms with van der Waals surface area (Å²) < 4.78 is 0. The van der Waals surface area contributed by atoms with Crippen LogP contribution in [0.25, 0.3) is 0 Å². The first-order chi connectivity index (χ1) is 5.88. The van der Waals surface area contributed by atoms with E-state index in [1.54, 1.807) is 6.07 Å². The Bertz CT molecular complexity index is 359. The Morgan fingerprint density at radius 3 is 2.83 bits per heavy atom. The molecule has 0 atom stereocenters. The van der Waals surface area contributed by atoms with E-state index < -0.39 is 0 Å². The molecule has 0 spiro atoms. The lowest BCUT2D eigenvalue weighted by atomic mass is 10.1. The van der Waals surface area contributed by atoms with Gasteiger partial charge in [-0.15, -0.1) is 0 Å². The van der Waals surface area contributed by atoms with Crippen LogP contribution in [0.5, 0.6) is 0 Å². The first-order valence-corrected chi connectivity index (χ1v) is 3.81. The average Bonchev–Trinajstić information content (AvgIpc) is 2.15. The lowest BCUT2D eigenvalue weighted by Crippen LogP contribution is -1.86. The standard InChI is InChI=1S/C9H6N2S/c10-5-8-3-1-2-4-9(8)6-11-7-12/h1-4H,6H2. The number of hydrogen-bond acceptors (Lipinski definition) is 3. The first-order valence-electron chi connectivity index (χ1n) is 3.40.